The summed E-state index contributed by atoms with van der Waals surface area (Å²) >= 11 is 1.24. The summed E-state index contributed by atoms with van der Waals surface area (Å²) in [6.07, 6.45) is -4.31. The quantitative estimate of drug-likeness (QED) is 0.777. The van der Waals surface area contributed by atoms with Gasteiger partial charge in [0.05, 0.1) is 6.10 Å². The minimum atomic E-state index is -4.77. The third kappa shape index (κ3) is 5.75. The predicted molar refractivity (Wildman–Crippen MR) is 77.2 cm³/mol. The lowest BCUT2D eigenvalue weighted by Gasteiger charge is -2.13. The van der Waals surface area contributed by atoms with Crippen molar-refractivity contribution in [1.29, 1.82) is 0 Å². The highest BCUT2D eigenvalue weighted by atomic mass is 32.1. The predicted octanol–water partition coefficient (Wildman–Crippen LogP) is 2.90. The molecule has 0 spiro atoms. The van der Waals surface area contributed by atoms with Gasteiger partial charge in [-0.2, -0.15) is 0 Å². The van der Waals surface area contributed by atoms with Gasteiger partial charge >= 0.3 is 12.4 Å². The number of alkyl halides is 3. The Balaban J connectivity index is 1.83. The number of rotatable bonds is 5. The molecule has 0 aliphatic carbocycles. The molecule has 0 bridgehead atoms. The van der Waals surface area contributed by atoms with Crippen LogP contribution in [0.2, 0.25) is 0 Å². The minimum Gasteiger partial charge on any atom is -0.406 e. The van der Waals surface area contributed by atoms with Crippen LogP contribution < -0.4 is 15.4 Å². The molecule has 2 amide bonds. The lowest BCUT2D eigenvalue weighted by Crippen LogP contribution is -2.32. The molecule has 23 heavy (non-hydrogen) atoms. The number of aromatic nitrogens is 1. The molecular formula is C13H12F3N3O3S. The highest BCUT2D eigenvalue weighted by molar-refractivity contribution is 7.13. The lowest BCUT2D eigenvalue weighted by molar-refractivity contribution is -0.274. The Morgan fingerprint density at radius 3 is 2.61 bits per heavy atom. The van der Waals surface area contributed by atoms with Crippen molar-refractivity contribution in [1.82, 2.24) is 10.3 Å². The second-order valence-corrected chi connectivity index (χ2v) is 5.20. The fourth-order valence-electron chi connectivity index (χ4n) is 1.63. The molecule has 1 heterocycles. The number of halogens is 3. The van der Waals surface area contributed by atoms with E-state index in [2.05, 4.69) is 20.4 Å². The molecule has 0 aliphatic rings. The average molecular weight is 347 g/mol. The van der Waals surface area contributed by atoms with E-state index in [0.29, 0.717) is 10.7 Å². The summed E-state index contributed by atoms with van der Waals surface area (Å²) in [6.45, 7) is -0.114. The third-order valence-corrected chi connectivity index (χ3v) is 3.30. The van der Waals surface area contributed by atoms with E-state index in [-0.39, 0.29) is 12.3 Å². The highest BCUT2D eigenvalue weighted by Crippen LogP contribution is 2.24. The van der Waals surface area contributed by atoms with E-state index in [1.54, 1.807) is 5.38 Å². The molecule has 2 rings (SSSR count). The van der Waals surface area contributed by atoms with Crippen molar-refractivity contribution in [3.05, 3.63) is 41.4 Å². The Morgan fingerprint density at radius 1 is 1.35 bits per heavy atom. The summed E-state index contributed by atoms with van der Waals surface area (Å²) < 4.78 is 39.8. The Bertz CT molecular complexity index is 632. The smallest absolute Gasteiger partial charge is 0.406 e. The number of carbonyl (C=O) groups excluding carboxylic acids is 1. The maximum atomic E-state index is 12.0. The molecular weight excluding hydrogens is 335 g/mol. The number of aliphatic hydroxyl groups is 1. The first-order valence-corrected chi connectivity index (χ1v) is 7.19. The van der Waals surface area contributed by atoms with E-state index >= 15 is 0 Å². The van der Waals surface area contributed by atoms with Gasteiger partial charge in [0.1, 0.15) is 5.75 Å². The van der Waals surface area contributed by atoms with Crippen molar-refractivity contribution >= 4 is 22.5 Å². The molecule has 124 valence electrons. The molecule has 1 atom stereocenters. The zero-order valence-electron chi connectivity index (χ0n) is 11.5. The van der Waals surface area contributed by atoms with Crippen molar-refractivity contribution in [3.63, 3.8) is 0 Å². The van der Waals surface area contributed by atoms with Gasteiger partial charge in [-0.05, 0) is 17.7 Å². The summed E-state index contributed by atoms with van der Waals surface area (Å²) in [5.74, 6) is -0.386. The molecule has 0 saturated carbocycles. The van der Waals surface area contributed by atoms with Gasteiger partial charge in [0.15, 0.2) is 5.13 Å². The second-order valence-electron chi connectivity index (χ2n) is 4.30. The number of thiazole rings is 1. The first kappa shape index (κ1) is 17.0. The number of hydrogen-bond donors (Lipinski definition) is 3. The zero-order chi connectivity index (χ0) is 16.9. The SMILES string of the molecule is O=C(NC[C@@H](O)c1ccc(OC(F)(F)F)cc1)Nc1nccs1. The van der Waals surface area contributed by atoms with Gasteiger partial charge in [-0.25, -0.2) is 9.78 Å². The average Bonchev–Trinajstić information content (AvgIpc) is 2.97. The Labute approximate surface area is 132 Å². The maximum Gasteiger partial charge on any atom is 0.573 e. The van der Waals surface area contributed by atoms with Crippen LogP contribution in [-0.4, -0.2) is 29.0 Å². The van der Waals surface area contributed by atoms with Crippen LogP contribution in [0.25, 0.3) is 0 Å². The topological polar surface area (TPSA) is 83.5 Å². The fraction of sp³-hybridized carbons (Fsp3) is 0.231. The highest BCUT2D eigenvalue weighted by Gasteiger charge is 2.31. The van der Waals surface area contributed by atoms with Crippen LogP contribution in [-0.2, 0) is 0 Å². The molecule has 10 heteroatoms. The van der Waals surface area contributed by atoms with Crippen molar-refractivity contribution < 1.29 is 27.8 Å². The van der Waals surface area contributed by atoms with Gasteiger partial charge in [-0.1, -0.05) is 12.1 Å². The molecule has 0 aliphatic heterocycles. The Hall–Kier alpha value is -2.33. The minimum absolute atomic E-state index is 0.114. The number of benzene rings is 1. The van der Waals surface area contributed by atoms with Crippen molar-refractivity contribution in [2.45, 2.75) is 12.5 Å². The van der Waals surface area contributed by atoms with Gasteiger partial charge < -0.3 is 15.2 Å². The molecule has 0 saturated heterocycles. The van der Waals surface area contributed by atoms with Crippen LogP contribution in [0.5, 0.6) is 5.75 Å². The van der Waals surface area contributed by atoms with E-state index in [9.17, 15) is 23.1 Å². The van der Waals surface area contributed by atoms with Gasteiger partial charge in [-0.3, -0.25) is 5.32 Å². The number of nitrogens with zero attached hydrogens (tertiary/aromatic N) is 1. The molecule has 3 N–H and O–H groups in total. The summed E-state index contributed by atoms with van der Waals surface area (Å²) in [6, 6.07) is 4.19. The first-order chi connectivity index (χ1) is 10.8. The number of amides is 2. The fourth-order valence-corrected chi connectivity index (χ4v) is 2.15. The van der Waals surface area contributed by atoms with E-state index < -0.39 is 18.5 Å². The van der Waals surface area contributed by atoms with Gasteiger partial charge in [0.25, 0.3) is 0 Å². The number of carbonyl (C=O) groups is 1. The third-order valence-electron chi connectivity index (χ3n) is 2.61. The summed E-state index contributed by atoms with van der Waals surface area (Å²) in [4.78, 5) is 15.4. The standard InChI is InChI=1S/C13H12F3N3O3S/c14-13(15,16)22-9-3-1-8(2-4-9)10(20)7-18-11(21)19-12-17-5-6-23-12/h1-6,10,20H,7H2,(H2,17,18,19,21)/t10-/m1/s1. The number of aliphatic hydroxyl groups excluding tert-OH is 1. The number of anilines is 1. The van der Waals surface area contributed by atoms with E-state index in [1.165, 1.54) is 29.7 Å². The van der Waals surface area contributed by atoms with Gasteiger partial charge in [0.2, 0.25) is 0 Å². The lowest BCUT2D eigenvalue weighted by atomic mass is 10.1. The molecule has 0 radical (unpaired) electrons. The Kier molecular flexibility index (Phi) is 5.40. The van der Waals surface area contributed by atoms with Crippen LogP contribution in [0.4, 0.5) is 23.1 Å². The van der Waals surface area contributed by atoms with Gasteiger partial charge in [0, 0.05) is 18.1 Å². The monoisotopic (exact) mass is 347 g/mol. The molecule has 2 aromatic rings. The van der Waals surface area contributed by atoms with E-state index in [1.807, 2.05) is 0 Å². The summed E-state index contributed by atoms with van der Waals surface area (Å²) in [5, 5.41) is 16.9. The number of ether oxygens (including phenoxy) is 1. The number of urea groups is 1. The van der Waals surface area contributed by atoms with E-state index in [0.717, 1.165) is 12.1 Å². The summed E-state index contributed by atoms with van der Waals surface area (Å²) in [5.41, 5.74) is 0.342. The van der Waals surface area contributed by atoms with Crippen LogP contribution in [0.3, 0.4) is 0 Å². The van der Waals surface area contributed by atoms with Crippen LogP contribution in [0, 0.1) is 0 Å². The largest absolute Gasteiger partial charge is 0.573 e. The van der Waals surface area contributed by atoms with Crippen LogP contribution in [0.15, 0.2) is 35.8 Å². The Morgan fingerprint density at radius 2 is 2.04 bits per heavy atom. The summed E-state index contributed by atoms with van der Waals surface area (Å²) in [7, 11) is 0. The van der Waals surface area contributed by atoms with Crippen molar-refractivity contribution in [2.24, 2.45) is 0 Å². The molecule has 6 nitrogen and oxygen atoms in total. The molecule has 0 fully saturated rings. The van der Waals surface area contributed by atoms with Crippen LogP contribution >= 0.6 is 11.3 Å². The van der Waals surface area contributed by atoms with Crippen molar-refractivity contribution in [3.8, 4) is 5.75 Å². The second kappa shape index (κ2) is 7.29. The van der Waals surface area contributed by atoms with Gasteiger partial charge in [-0.15, -0.1) is 24.5 Å². The van der Waals surface area contributed by atoms with Crippen molar-refractivity contribution in [2.75, 3.05) is 11.9 Å². The molecule has 1 aromatic heterocycles. The molecule has 1 aromatic carbocycles. The normalized spacial score (nSPS) is 12.5. The van der Waals surface area contributed by atoms with E-state index in [4.69, 9.17) is 0 Å². The number of nitrogens with one attached hydrogen (secondary N) is 2. The zero-order valence-corrected chi connectivity index (χ0v) is 12.3. The maximum absolute atomic E-state index is 12.0. The number of hydrogen-bond acceptors (Lipinski definition) is 5. The first-order valence-electron chi connectivity index (χ1n) is 6.31. The molecule has 0 unspecified atom stereocenters. The van der Waals surface area contributed by atoms with Crippen LogP contribution in [0.1, 0.15) is 11.7 Å².